The Morgan fingerprint density at radius 3 is 2.44 bits per heavy atom. The van der Waals surface area contributed by atoms with Gasteiger partial charge in [-0.1, -0.05) is 38.2 Å². The second-order valence-electron chi connectivity index (χ2n) is 11.2. The Bertz CT molecular complexity index is 1210. The number of methoxy groups -OCH3 is 2. The number of rotatable bonds is 6. The topological polar surface area (TPSA) is 187 Å². The highest BCUT2D eigenvalue weighted by Crippen LogP contribution is 2.28. The molecule has 0 aromatic heterocycles. The van der Waals surface area contributed by atoms with Crippen molar-refractivity contribution in [3.8, 4) is 0 Å². The van der Waals surface area contributed by atoms with E-state index in [2.05, 4.69) is 10.6 Å². The van der Waals surface area contributed by atoms with Crippen molar-refractivity contribution >= 4 is 23.6 Å². The molecule has 0 aromatic carbocycles. The van der Waals surface area contributed by atoms with Crippen LogP contribution in [0.15, 0.2) is 58.5 Å². The predicted molar refractivity (Wildman–Crippen MR) is 159 cm³/mol. The number of nitrogens with one attached hydrogen (secondary N) is 2. The first kappa shape index (κ1) is 35.6. The average Bonchev–Trinajstić information content (AvgIpc) is 2.93. The molecule has 0 fully saturated rings. The number of ketones is 2. The van der Waals surface area contributed by atoms with Crippen molar-refractivity contribution in [1.82, 2.24) is 10.6 Å². The number of hydrogen-bond donors (Lipinski definition) is 5. The zero-order chi connectivity index (χ0) is 32.4. The minimum Gasteiger partial charge on any atom is -0.439 e. The van der Waals surface area contributed by atoms with Crippen LogP contribution >= 0.6 is 0 Å². The van der Waals surface area contributed by atoms with E-state index < -0.39 is 60.0 Å². The fourth-order valence-corrected chi connectivity index (χ4v) is 5.03. The summed E-state index contributed by atoms with van der Waals surface area (Å²) >= 11 is 0. The molecule has 1 aliphatic heterocycles. The lowest BCUT2D eigenvalue weighted by Crippen LogP contribution is -2.38. The Kier molecular flexibility index (Phi) is 13.5. The summed E-state index contributed by atoms with van der Waals surface area (Å²) in [6.07, 6.45) is 2.72. The SMILES string of the molecule is CO[C@H]1/C=C/C=C(/C)C(=O)NC2=CC(=O)C(NC[C@@H](C)O)=C(C[C@@H](C)C[C@H](OC)[C@H](O)[C@@H](C)/C=C(\C)[C@@H]1OC(N)=O)C2=O. The molecule has 12 nitrogen and oxygen atoms in total. The van der Waals surface area contributed by atoms with E-state index in [1.165, 1.54) is 33.3 Å². The van der Waals surface area contributed by atoms with Crippen LogP contribution in [0.2, 0.25) is 0 Å². The van der Waals surface area contributed by atoms with E-state index >= 15 is 0 Å². The Labute approximate surface area is 252 Å². The van der Waals surface area contributed by atoms with Gasteiger partial charge in [0, 0.05) is 43.9 Å². The number of fused-ring (bicyclic) bond motifs is 2. The molecule has 238 valence electrons. The lowest BCUT2D eigenvalue weighted by molar-refractivity contribution is -0.120. The summed E-state index contributed by atoms with van der Waals surface area (Å²) in [4.78, 5) is 51.4. The van der Waals surface area contributed by atoms with E-state index in [1.807, 2.05) is 6.92 Å². The van der Waals surface area contributed by atoms with Gasteiger partial charge in [-0.15, -0.1) is 0 Å². The molecular weight excluding hydrogens is 558 g/mol. The number of Topliss-reactive ketones (excluding diaryl/α,β-unsaturated/α-hetero) is 1. The van der Waals surface area contributed by atoms with Gasteiger partial charge in [0.25, 0.3) is 5.91 Å². The van der Waals surface area contributed by atoms with E-state index in [-0.39, 0.29) is 41.4 Å². The molecule has 1 aliphatic carbocycles. The molecule has 0 saturated heterocycles. The number of hydrogen-bond acceptors (Lipinski definition) is 10. The Balaban J connectivity index is 2.62. The van der Waals surface area contributed by atoms with Gasteiger partial charge in [0.15, 0.2) is 6.10 Å². The summed E-state index contributed by atoms with van der Waals surface area (Å²) in [5.74, 6) is -2.35. The number of aliphatic hydroxyl groups excluding tert-OH is 2. The number of ether oxygens (including phenoxy) is 3. The van der Waals surface area contributed by atoms with Gasteiger partial charge < -0.3 is 40.8 Å². The molecule has 0 aromatic rings. The van der Waals surface area contributed by atoms with Crippen molar-refractivity contribution in [2.24, 2.45) is 17.6 Å². The van der Waals surface area contributed by atoms with Crippen molar-refractivity contribution in [3.05, 3.63) is 58.5 Å². The van der Waals surface area contributed by atoms with Crippen LogP contribution in [-0.2, 0) is 28.6 Å². The van der Waals surface area contributed by atoms with Crippen molar-refractivity contribution < 1.29 is 43.6 Å². The molecule has 0 saturated carbocycles. The largest absolute Gasteiger partial charge is 0.439 e. The number of carbonyl (C=O) groups excluding carboxylic acids is 4. The Morgan fingerprint density at radius 1 is 1.19 bits per heavy atom. The number of carbonyl (C=O) groups is 4. The Morgan fingerprint density at radius 2 is 1.86 bits per heavy atom. The van der Waals surface area contributed by atoms with Gasteiger partial charge in [0.2, 0.25) is 11.6 Å². The minimum atomic E-state index is -1.01. The molecule has 43 heavy (non-hydrogen) atoms. The van der Waals surface area contributed by atoms with Crippen LogP contribution in [0.5, 0.6) is 0 Å². The third-order valence-corrected chi connectivity index (χ3v) is 7.37. The molecule has 2 amide bonds. The van der Waals surface area contributed by atoms with Crippen LogP contribution in [0, 0.1) is 11.8 Å². The second kappa shape index (κ2) is 16.3. The van der Waals surface area contributed by atoms with E-state index in [0.29, 0.717) is 12.0 Å². The normalized spacial score (nSPS) is 32.0. The van der Waals surface area contributed by atoms with Crippen LogP contribution in [-0.4, -0.2) is 85.1 Å². The summed E-state index contributed by atoms with van der Waals surface area (Å²) in [5.41, 5.74) is 6.19. The standard InChI is InChI=1S/C31H45N3O9/c1-16-11-21-26(33-15-20(5)35)23(36)14-22(28(21)38)34-30(39)17(2)9-8-10-24(41-6)29(43-31(32)40)19(4)13-18(3)27(37)25(12-16)42-7/h8-10,13-14,16,18,20,24-25,27,29,33,35,37H,11-12,15H2,1-7H3,(H2,32,40)(H,34,39)/b10-8+,17-9-,19-13+/t16-,18+,20-,24+,25+,27-,29+/m1/s1. The lowest BCUT2D eigenvalue weighted by atomic mass is 9.85. The van der Waals surface area contributed by atoms with Crippen LogP contribution < -0.4 is 16.4 Å². The van der Waals surface area contributed by atoms with Crippen LogP contribution in [0.1, 0.15) is 47.5 Å². The van der Waals surface area contributed by atoms with Crippen molar-refractivity contribution in [3.63, 3.8) is 0 Å². The first-order valence-electron chi connectivity index (χ1n) is 14.2. The molecule has 1 heterocycles. The van der Waals surface area contributed by atoms with E-state index in [1.54, 1.807) is 32.9 Å². The minimum absolute atomic E-state index is 0.0431. The third kappa shape index (κ3) is 9.99. The van der Waals surface area contributed by atoms with Gasteiger partial charge in [-0.3, -0.25) is 14.4 Å². The third-order valence-electron chi connectivity index (χ3n) is 7.37. The maximum atomic E-state index is 13.6. The molecule has 0 spiro atoms. The van der Waals surface area contributed by atoms with Gasteiger partial charge >= 0.3 is 6.09 Å². The highest BCUT2D eigenvalue weighted by atomic mass is 16.6. The van der Waals surface area contributed by atoms with Crippen LogP contribution in [0.3, 0.4) is 0 Å². The fraction of sp³-hybridized carbons (Fsp3) is 0.548. The van der Waals surface area contributed by atoms with Gasteiger partial charge in [-0.05, 0) is 45.1 Å². The number of allylic oxidation sites excluding steroid dienone is 4. The van der Waals surface area contributed by atoms with Gasteiger partial charge in [-0.25, -0.2) is 4.79 Å². The summed E-state index contributed by atoms with van der Waals surface area (Å²) in [7, 11) is 2.90. The maximum absolute atomic E-state index is 13.6. The molecule has 0 unspecified atom stereocenters. The molecule has 2 rings (SSSR count). The highest BCUT2D eigenvalue weighted by Gasteiger charge is 2.33. The quantitative estimate of drug-likeness (QED) is 0.221. The summed E-state index contributed by atoms with van der Waals surface area (Å²) in [6, 6.07) is 0. The second-order valence-corrected chi connectivity index (χ2v) is 11.2. The number of nitrogens with two attached hydrogens (primary N) is 1. The van der Waals surface area contributed by atoms with Crippen LogP contribution in [0.4, 0.5) is 4.79 Å². The summed E-state index contributed by atoms with van der Waals surface area (Å²) in [6.45, 7) is 8.50. The lowest BCUT2D eigenvalue weighted by Gasteiger charge is -2.30. The zero-order valence-corrected chi connectivity index (χ0v) is 25.9. The molecule has 2 aliphatic rings. The molecule has 6 N–H and O–H groups in total. The molecule has 12 heteroatoms. The first-order chi connectivity index (χ1) is 20.2. The predicted octanol–water partition coefficient (Wildman–Crippen LogP) is 1.73. The van der Waals surface area contributed by atoms with E-state index in [9.17, 15) is 29.4 Å². The maximum Gasteiger partial charge on any atom is 0.405 e. The monoisotopic (exact) mass is 603 g/mol. The number of aliphatic hydroxyl groups is 2. The van der Waals surface area contributed by atoms with Crippen molar-refractivity contribution in [2.45, 2.75) is 78.0 Å². The fourth-order valence-electron chi connectivity index (χ4n) is 5.03. The Hall–Kier alpha value is -3.58. The zero-order valence-electron chi connectivity index (χ0n) is 25.9. The van der Waals surface area contributed by atoms with Gasteiger partial charge in [0.05, 0.1) is 29.7 Å². The number of primary amides is 1. The smallest absolute Gasteiger partial charge is 0.405 e. The molecular formula is C31H45N3O9. The molecule has 0 radical (unpaired) electrons. The van der Waals surface area contributed by atoms with Crippen LogP contribution in [0.25, 0.3) is 0 Å². The highest BCUT2D eigenvalue weighted by molar-refractivity contribution is 6.23. The molecule has 7 atom stereocenters. The first-order valence-corrected chi connectivity index (χ1v) is 14.2. The average molecular weight is 604 g/mol. The number of amides is 2. The van der Waals surface area contributed by atoms with Crippen molar-refractivity contribution in [2.75, 3.05) is 20.8 Å². The van der Waals surface area contributed by atoms with Gasteiger partial charge in [0.1, 0.15) is 6.10 Å². The van der Waals surface area contributed by atoms with E-state index in [4.69, 9.17) is 19.9 Å². The molecule has 2 bridgehead atoms. The van der Waals surface area contributed by atoms with Gasteiger partial charge in [-0.2, -0.15) is 0 Å². The van der Waals surface area contributed by atoms with E-state index in [0.717, 1.165) is 6.08 Å². The summed E-state index contributed by atoms with van der Waals surface area (Å²) in [5, 5.41) is 26.4. The van der Waals surface area contributed by atoms with Crippen molar-refractivity contribution in [1.29, 1.82) is 0 Å². The summed E-state index contributed by atoms with van der Waals surface area (Å²) < 4.78 is 16.5.